The van der Waals surface area contributed by atoms with Gasteiger partial charge in [-0.3, -0.25) is 0 Å². The highest BCUT2D eigenvalue weighted by Gasteiger charge is 2.09. The van der Waals surface area contributed by atoms with Crippen LogP contribution in [0.2, 0.25) is 0 Å². The van der Waals surface area contributed by atoms with Crippen LogP contribution in [0, 0.1) is 11.6 Å². The molecule has 1 N–H and O–H groups in total. The van der Waals surface area contributed by atoms with Crippen LogP contribution >= 0.6 is 11.3 Å². The molecule has 0 aliphatic rings. The number of nitrogens with one attached hydrogen (secondary N) is 1. The van der Waals surface area contributed by atoms with Gasteiger partial charge in [-0.25, -0.2) is 8.78 Å². The van der Waals surface area contributed by atoms with Gasteiger partial charge in [0.25, 0.3) is 0 Å². The predicted molar refractivity (Wildman–Crippen MR) is 59.4 cm³/mol. The normalized spacial score (nSPS) is 11.1. The maximum Gasteiger partial charge on any atom is 0.143 e. The Hall–Kier alpha value is -1.00. The van der Waals surface area contributed by atoms with Gasteiger partial charge in [-0.2, -0.15) is 0 Å². The zero-order valence-electron chi connectivity index (χ0n) is 8.31. The summed E-state index contributed by atoms with van der Waals surface area (Å²) in [5.74, 6) is -0.977. The summed E-state index contributed by atoms with van der Waals surface area (Å²) in [6, 6.07) is 2.33. The first-order valence-electron chi connectivity index (χ1n) is 4.72. The molecule has 1 nitrogen and oxygen atoms in total. The van der Waals surface area contributed by atoms with E-state index in [9.17, 15) is 8.78 Å². The second-order valence-electron chi connectivity index (χ2n) is 3.38. The molecular formula is C11H11F2NS. The van der Waals surface area contributed by atoms with Gasteiger partial charge >= 0.3 is 0 Å². The standard InChI is InChI=1S/C11H11F2NS/c1-14-3-2-7-6-15-11-9(7)4-8(12)5-10(11)13/h4-6,14H,2-3H2,1H3. The summed E-state index contributed by atoms with van der Waals surface area (Å²) in [4.78, 5) is 0. The fraction of sp³-hybridized carbons (Fsp3) is 0.273. The fourth-order valence-electron chi connectivity index (χ4n) is 1.57. The van der Waals surface area contributed by atoms with E-state index in [2.05, 4.69) is 5.32 Å². The Balaban J connectivity index is 2.49. The molecule has 80 valence electrons. The summed E-state index contributed by atoms with van der Waals surface area (Å²) in [7, 11) is 1.86. The van der Waals surface area contributed by atoms with Crippen molar-refractivity contribution in [1.29, 1.82) is 0 Å². The molecule has 0 fully saturated rings. The molecule has 1 heterocycles. The first-order valence-corrected chi connectivity index (χ1v) is 5.60. The third-order valence-corrected chi connectivity index (χ3v) is 3.37. The molecule has 0 bridgehead atoms. The van der Waals surface area contributed by atoms with E-state index in [1.54, 1.807) is 0 Å². The van der Waals surface area contributed by atoms with Crippen molar-refractivity contribution in [2.24, 2.45) is 0 Å². The summed E-state index contributed by atoms with van der Waals surface area (Å²) in [6.07, 6.45) is 0.791. The maximum atomic E-state index is 13.3. The number of benzene rings is 1. The zero-order chi connectivity index (χ0) is 10.8. The molecule has 4 heteroatoms. The third-order valence-electron chi connectivity index (χ3n) is 2.32. The second-order valence-corrected chi connectivity index (χ2v) is 4.26. The Morgan fingerprint density at radius 2 is 2.13 bits per heavy atom. The lowest BCUT2D eigenvalue weighted by atomic mass is 10.1. The number of halogens is 2. The van der Waals surface area contributed by atoms with Crippen LogP contribution in [-0.2, 0) is 6.42 Å². The Bertz CT molecular complexity index is 479. The average molecular weight is 227 g/mol. The van der Waals surface area contributed by atoms with Crippen molar-refractivity contribution >= 4 is 21.4 Å². The average Bonchev–Trinajstić information content (AvgIpc) is 2.58. The third kappa shape index (κ3) is 2.01. The van der Waals surface area contributed by atoms with Crippen molar-refractivity contribution in [3.8, 4) is 0 Å². The highest BCUT2D eigenvalue weighted by molar-refractivity contribution is 7.17. The SMILES string of the molecule is CNCCc1csc2c(F)cc(F)cc12. The van der Waals surface area contributed by atoms with Gasteiger partial charge in [0.05, 0.1) is 4.70 Å². The van der Waals surface area contributed by atoms with Crippen LogP contribution in [0.1, 0.15) is 5.56 Å². The van der Waals surface area contributed by atoms with E-state index in [1.807, 2.05) is 12.4 Å². The molecule has 0 amide bonds. The van der Waals surface area contributed by atoms with E-state index in [0.29, 0.717) is 10.1 Å². The Kier molecular flexibility index (Phi) is 2.98. The van der Waals surface area contributed by atoms with Crippen molar-refractivity contribution in [3.63, 3.8) is 0 Å². The number of rotatable bonds is 3. The van der Waals surface area contributed by atoms with Gasteiger partial charge in [0.15, 0.2) is 0 Å². The van der Waals surface area contributed by atoms with Crippen molar-refractivity contribution < 1.29 is 8.78 Å². The van der Waals surface area contributed by atoms with E-state index in [1.165, 1.54) is 17.4 Å². The molecule has 2 rings (SSSR count). The first-order chi connectivity index (χ1) is 7.22. The van der Waals surface area contributed by atoms with Crippen LogP contribution in [0.3, 0.4) is 0 Å². The predicted octanol–water partition coefficient (Wildman–Crippen LogP) is 2.94. The van der Waals surface area contributed by atoms with Gasteiger partial charge in [-0.05, 0) is 37.0 Å². The van der Waals surface area contributed by atoms with Crippen molar-refractivity contribution in [2.45, 2.75) is 6.42 Å². The van der Waals surface area contributed by atoms with Gasteiger partial charge in [0.1, 0.15) is 11.6 Å². The van der Waals surface area contributed by atoms with Gasteiger partial charge < -0.3 is 5.32 Å². The molecule has 2 aromatic rings. The smallest absolute Gasteiger partial charge is 0.143 e. The van der Waals surface area contributed by atoms with Crippen LogP contribution in [0.4, 0.5) is 8.78 Å². The summed E-state index contributed by atoms with van der Waals surface area (Å²) in [6.45, 7) is 0.809. The molecule has 15 heavy (non-hydrogen) atoms. The monoisotopic (exact) mass is 227 g/mol. The Morgan fingerprint density at radius 1 is 1.33 bits per heavy atom. The van der Waals surface area contributed by atoms with Gasteiger partial charge in [-0.15, -0.1) is 11.3 Å². The summed E-state index contributed by atoms with van der Waals surface area (Å²) < 4.78 is 26.9. The van der Waals surface area contributed by atoms with Crippen LogP contribution in [0.15, 0.2) is 17.5 Å². The maximum absolute atomic E-state index is 13.3. The number of hydrogen-bond acceptors (Lipinski definition) is 2. The lowest BCUT2D eigenvalue weighted by molar-refractivity contribution is 0.593. The highest BCUT2D eigenvalue weighted by Crippen LogP contribution is 2.29. The largest absolute Gasteiger partial charge is 0.319 e. The molecule has 1 aromatic carbocycles. The number of thiophene rings is 1. The topological polar surface area (TPSA) is 12.0 Å². The van der Waals surface area contributed by atoms with E-state index in [-0.39, 0.29) is 0 Å². The minimum Gasteiger partial charge on any atom is -0.319 e. The Labute approximate surface area is 90.7 Å². The minimum absolute atomic E-state index is 0.467. The molecule has 1 aromatic heterocycles. The van der Waals surface area contributed by atoms with Crippen molar-refractivity contribution in [1.82, 2.24) is 5.32 Å². The second kappa shape index (κ2) is 4.24. The summed E-state index contributed by atoms with van der Waals surface area (Å²) in [5.41, 5.74) is 1.00. The molecular weight excluding hydrogens is 216 g/mol. The summed E-state index contributed by atoms with van der Waals surface area (Å²) >= 11 is 1.33. The van der Waals surface area contributed by atoms with Crippen LogP contribution in [0.25, 0.3) is 10.1 Å². The van der Waals surface area contributed by atoms with Crippen LogP contribution in [-0.4, -0.2) is 13.6 Å². The quantitative estimate of drug-likeness (QED) is 0.850. The number of fused-ring (bicyclic) bond motifs is 1. The number of hydrogen-bond donors (Lipinski definition) is 1. The highest BCUT2D eigenvalue weighted by atomic mass is 32.1. The van der Waals surface area contributed by atoms with Crippen LogP contribution < -0.4 is 5.32 Å². The van der Waals surface area contributed by atoms with E-state index < -0.39 is 11.6 Å². The molecule has 0 saturated heterocycles. The number of likely N-dealkylation sites (N-methyl/N-ethyl adjacent to an activating group) is 1. The first kappa shape index (κ1) is 10.5. The summed E-state index contributed by atoms with van der Waals surface area (Å²) in [5, 5.41) is 5.61. The van der Waals surface area contributed by atoms with Gasteiger partial charge in [0.2, 0.25) is 0 Å². The van der Waals surface area contributed by atoms with E-state index in [4.69, 9.17) is 0 Å². The molecule has 0 atom stereocenters. The molecule has 0 radical (unpaired) electrons. The minimum atomic E-state index is -0.510. The molecule has 0 spiro atoms. The van der Waals surface area contributed by atoms with Crippen molar-refractivity contribution in [3.05, 3.63) is 34.7 Å². The molecule has 0 aliphatic heterocycles. The Morgan fingerprint density at radius 3 is 2.87 bits per heavy atom. The fourth-order valence-corrected chi connectivity index (χ4v) is 2.56. The molecule has 0 aliphatic carbocycles. The molecule has 0 unspecified atom stereocenters. The van der Waals surface area contributed by atoms with E-state index in [0.717, 1.165) is 24.6 Å². The van der Waals surface area contributed by atoms with Crippen LogP contribution in [0.5, 0.6) is 0 Å². The van der Waals surface area contributed by atoms with Crippen molar-refractivity contribution in [2.75, 3.05) is 13.6 Å². The lowest BCUT2D eigenvalue weighted by Crippen LogP contribution is -2.09. The molecule has 0 saturated carbocycles. The lowest BCUT2D eigenvalue weighted by Gasteiger charge is -1.99. The van der Waals surface area contributed by atoms with Gasteiger partial charge in [-0.1, -0.05) is 0 Å². The van der Waals surface area contributed by atoms with E-state index >= 15 is 0 Å². The zero-order valence-corrected chi connectivity index (χ0v) is 9.13. The van der Waals surface area contributed by atoms with Gasteiger partial charge in [0, 0.05) is 11.5 Å².